The topological polar surface area (TPSA) is 0 Å². The lowest BCUT2D eigenvalue weighted by Crippen LogP contribution is -1.90. The number of thioether (sulfide) groups is 1. The molecule has 0 bridgehead atoms. The Labute approximate surface area is 152 Å². The highest BCUT2D eigenvalue weighted by molar-refractivity contribution is 9.10. The van der Waals surface area contributed by atoms with E-state index in [2.05, 4.69) is 102 Å². The first-order valence-electron chi connectivity index (χ1n) is 7.76. The minimum atomic E-state index is 0.516. The Balaban J connectivity index is 2.33. The molecule has 2 aromatic carbocycles. The summed E-state index contributed by atoms with van der Waals surface area (Å²) < 4.78 is 1.09. The quantitative estimate of drug-likeness (QED) is 0.419. The maximum absolute atomic E-state index is 3.49. The number of halogens is 1. The molecule has 0 aliphatic carbocycles. The summed E-state index contributed by atoms with van der Waals surface area (Å²) in [6.07, 6.45) is 5.47. The average Bonchev–Trinajstić information content (AvgIpc) is 2.59. The molecule has 2 heteroatoms. The second kappa shape index (κ2) is 9.01. The maximum Gasteiger partial charge on any atom is 0.0284 e. The average molecular weight is 385 g/mol. The van der Waals surface area contributed by atoms with Crippen LogP contribution < -0.4 is 0 Å². The Kier molecular flexibility index (Phi) is 7.02. The van der Waals surface area contributed by atoms with Gasteiger partial charge in [-0.25, -0.2) is 0 Å². The van der Waals surface area contributed by atoms with Crippen LogP contribution in [-0.4, -0.2) is 6.26 Å². The minimum absolute atomic E-state index is 0.516. The first-order chi connectivity index (χ1) is 11.1. The van der Waals surface area contributed by atoms with Gasteiger partial charge in [0.1, 0.15) is 0 Å². The van der Waals surface area contributed by atoms with Crippen molar-refractivity contribution in [2.45, 2.75) is 25.2 Å². The molecule has 2 aromatic rings. The van der Waals surface area contributed by atoms with Crippen molar-refractivity contribution in [3.05, 3.63) is 70.2 Å². The van der Waals surface area contributed by atoms with E-state index in [1.807, 2.05) is 0 Å². The highest BCUT2D eigenvalue weighted by Gasteiger charge is 2.02. The lowest BCUT2D eigenvalue weighted by atomic mass is 9.99. The van der Waals surface area contributed by atoms with E-state index < -0.39 is 0 Å². The fourth-order valence-electron chi connectivity index (χ4n) is 2.06. The second-order valence-electron chi connectivity index (χ2n) is 5.45. The number of hydrogen-bond acceptors (Lipinski definition) is 1. The summed E-state index contributed by atoms with van der Waals surface area (Å²) in [7, 11) is 0. The first-order valence-corrected chi connectivity index (χ1v) is 9.78. The van der Waals surface area contributed by atoms with Crippen molar-refractivity contribution >= 4 is 33.3 Å². The molecule has 0 nitrogen and oxygen atoms in total. The standard InChI is InChI=1S/C21H21BrS/c1-4-16(2)15-19(18-9-11-20(22)12-10-18)8-5-17-6-13-21(23-3)14-7-17/h6-7,9-16H,4H2,1-3H3/b19-15-. The summed E-state index contributed by atoms with van der Waals surface area (Å²) in [5.74, 6) is 7.18. The Hall–Kier alpha value is -1.43. The van der Waals surface area contributed by atoms with E-state index in [1.54, 1.807) is 11.8 Å². The van der Waals surface area contributed by atoms with Crippen LogP contribution in [0.1, 0.15) is 31.4 Å². The van der Waals surface area contributed by atoms with E-state index in [4.69, 9.17) is 0 Å². The summed E-state index contributed by atoms with van der Waals surface area (Å²) in [6.45, 7) is 4.43. The Bertz CT molecular complexity index is 715. The van der Waals surface area contributed by atoms with Crippen LogP contribution in [0.15, 0.2) is 64.0 Å². The molecule has 1 unspecified atom stereocenters. The van der Waals surface area contributed by atoms with Gasteiger partial charge in [-0.15, -0.1) is 11.8 Å². The van der Waals surface area contributed by atoms with E-state index in [-0.39, 0.29) is 0 Å². The Morgan fingerprint density at radius 2 is 1.78 bits per heavy atom. The van der Waals surface area contributed by atoms with Gasteiger partial charge in [-0.3, -0.25) is 0 Å². The Morgan fingerprint density at radius 3 is 2.35 bits per heavy atom. The van der Waals surface area contributed by atoms with Crippen molar-refractivity contribution in [2.75, 3.05) is 6.26 Å². The van der Waals surface area contributed by atoms with Crippen molar-refractivity contribution in [3.63, 3.8) is 0 Å². The van der Waals surface area contributed by atoms with Crippen LogP contribution in [0.2, 0.25) is 0 Å². The predicted octanol–water partition coefficient (Wildman–Crippen LogP) is 6.65. The lowest BCUT2D eigenvalue weighted by Gasteiger charge is -2.06. The predicted molar refractivity (Wildman–Crippen MR) is 107 cm³/mol. The highest BCUT2D eigenvalue weighted by atomic mass is 79.9. The van der Waals surface area contributed by atoms with Crippen LogP contribution in [0.5, 0.6) is 0 Å². The number of rotatable bonds is 4. The number of benzene rings is 2. The van der Waals surface area contributed by atoms with E-state index in [9.17, 15) is 0 Å². The van der Waals surface area contributed by atoms with Gasteiger partial charge in [0, 0.05) is 20.5 Å². The first kappa shape index (κ1) is 17.9. The molecule has 0 amide bonds. The summed E-state index contributed by atoms with van der Waals surface area (Å²) in [5.41, 5.74) is 3.32. The van der Waals surface area contributed by atoms with E-state index in [0.29, 0.717) is 5.92 Å². The zero-order valence-electron chi connectivity index (χ0n) is 13.8. The van der Waals surface area contributed by atoms with Crippen LogP contribution >= 0.6 is 27.7 Å². The molecule has 0 fully saturated rings. The van der Waals surface area contributed by atoms with Crippen LogP contribution in [0.25, 0.3) is 5.57 Å². The SMILES string of the molecule is CCC(C)/C=C(/C#Cc1ccc(SC)cc1)c1ccc(Br)cc1. The van der Waals surface area contributed by atoms with Gasteiger partial charge in [0.2, 0.25) is 0 Å². The zero-order chi connectivity index (χ0) is 16.7. The van der Waals surface area contributed by atoms with E-state index in [0.717, 1.165) is 22.0 Å². The maximum atomic E-state index is 3.49. The number of allylic oxidation sites excluding steroid dienone is 2. The monoisotopic (exact) mass is 384 g/mol. The summed E-state index contributed by atoms with van der Waals surface area (Å²) in [4.78, 5) is 1.26. The molecule has 0 aliphatic rings. The van der Waals surface area contributed by atoms with Crippen LogP contribution in [0.4, 0.5) is 0 Å². The minimum Gasteiger partial charge on any atom is -0.130 e. The van der Waals surface area contributed by atoms with Gasteiger partial charge in [-0.1, -0.05) is 66.2 Å². The third-order valence-corrected chi connectivity index (χ3v) is 4.95. The van der Waals surface area contributed by atoms with Gasteiger partial charge < -0.3 is 0 Å². The van der Waals surface area contributed by atoms with Crippen LogP contribution in [0.3, 0.4) is 0 Å². The molecule has 0 radical (unpaired) electrons. The zero-order valence-corrected chi connectivity index (χ0v) is 16.2. The molecule has 0 aromatic heterocycles. The van der Waals surface area contributed by atoms with Crippen molar-refractivity contribution in [3.8, 4) is 11.8 Å². The largest absolute Gasteiger partial charge is 0.130 e. The molecule has 0 N–H and O–H groups in total. The normalized spacial score (nSPS) is 12.4. The van der Waals surface area contributed by atoms with Gasteiger partial charge >= 0.3 is 0 Å². The third-order valence-electron chi connectivity index (χ3n) is 3.68. The fourth-order valence-corrected chi connectivity index (χ4v) is 2.73. The third kappa shape index (κ3) is 5.61. The lowest BCUT2D eigenvalue weighted by molar-refractivity contribution is 0.700. The van der Waals surface area contributed by atoms with Crippen LogP contribution in [0, 0.1) is 17.8 Å². The molecule has 0 heterocycles. The highest BCUT2D eigenvalue weighted by Crippen LogP contribution is 2.21. The summed E-state index contributed by atoms with van der Waals surface area (Å²) in [6, 6.07) is 16.8. The van der Waals surface area contributed by atoms with Crippen molar-refractivity contribution in [2.24, 2.45) is 5.92 Å². The van der Waals surface area contributed by atoms with Crippen molar-refractivity contribution < 1.29 is 0 Å². The van der Waals surface area contributed by atoms with Gasteiger partial charge in [-0.2, -0.15) is 0 Å². The smallest absolute Gasteiger partial charge is 0.0284 e. The molecule has 0 saturated heterocycles. The molecular formula is C21H21BrS. The molecule has 0 aliphatic heterocycles. The molecule has 2 rings (SSSR count). The fraction of sp³-hybridized carbons (Fsp3) is 0.238. The van der Waals surface area contributed by atoms with E-state index >= 15 is 0 Å². The molecular weight excluding hydrogens is 364 g/mol. The summed E-state index contributed by atoms with van der Waals surface area (Å²) >= 11 is 5.24. The molecule has 0 saturated carbocycles. The Morgan fingerprint density at radius 1 is 1.13 bits per heavy atom. The van der Waals surface area contributed by atoms with Gasteiger partial charge in [-0.05, 0) is 54.1 Å². The van der Waals surface area contributed by atoms with Crippen LogP contribution in [-0.2, 0) is 0 Å². The summed E-state index contributed by atoms with van der Waals surface area (Å²) in [5, 5.41) is 0. The second-order valence-corrected chi connectivity index (χ2v) is 7.25. The number of hydrogen-bond donors (Lipinski definition) is 0. The van der Waals surface area contributed by atoms with E-state index in [1.165, 1.54) is 10.5 Å². The molecule has 23 heavy (non-hydrogen) atoms. The van der Waals surface area contributed by atoms with Gasteiger partial charge in [0.15, 0.2) is 0 Å². The van der Waals surface area contributed by atoms with Gasteiger partial charge in [0.25, 0.3) is 0 Å². The van der Waals surface area contributed by atoms with Crippen molar-refractivity contribution in [1.29, 1.82) is 0 Å². The molecule has 1 atom stereocenters. The molecule has 118 valence electrons. The molecule has 0 spiro atoms. The van der Waals surface area contributed by atoms with Crippen molar-refractivity contribution in [1.82, 2.24) is 0 Å². The van der Waals surface area contributed by atoms with Gasteiger partial charge in [0.05, 0.1) is 0 Å².